The number of pyridine rings is 2. The van der Waals surface area contributed by atoms with Crippen LogP contribution in [-0.4, -0.2) is 9.97 Å². The number of rotatable bonds is 5. The Balaban J connectivity index is 1.10. The van der Waals surface area contributed by atoms with Crippen molar-refractivity contribution in [3.05, 3.63) is 169 Å². The van der Waals surface area contributed by atoms with Crippen LogP contribution in [0.15, 0.2) is 167 Å². The molecule has 0 spiro atoms. The van der Waals surface area contributed by atoms with Crippen molar-refractivity contribution in [3.63, 3.8) is 0 Å². The monoisotopic (exact) mass is 752 g/mol. The number of fused-ring (bicyclic) bond motifs is 6. The van der Waals surface area contributed by atoms with E-state index in [1.807, 2.05) is 24.3 Å². The Labute approximate surface area is 338 Å². The fourth-order valence-corrected chi connectivity index (χ4v) is 8.11. The summed E-state index contributed by atoms with van der Waals surface area (Å²) in [6, 6.07) is 55.7. The Morgan fingerprint density at radius 2 is 0.724 bits per heavy atom. The van der Waals surface area contributed by atoms with Gasteiger partial charge in [-0.1, -0.05) is 151 Å². The highest BCUT2D eigenvalue weighted by Crippen LogP contribution is 2.40. The Kier molecular flexibility index (Phi) is 8.24. The zero-order valence-electron chi connectivity index (χ0n) is 33.7. The second kappa shape index (κ2) is 13.4. The topological polar surface area (TPSA) is 52.1 Å². The van der Waals surface area contributed by atoms with Crippen molar-refractivity contribution in [3.8, 4) is 55.9 Å². The number of furan rings is 2. The van der Waals surface area contributed by atoms with Crippen LogP contribution in [0.3, 0.4) is 0 Å². The average molecular weight is 753 g/mol. The highest BCUT2D eigenvalue weighted by Gasteiger charge is 2.23. The van der Waals surface area contributed by atoms with E-state index in [1.54, 1.807) is 0 Å². The maximum absolute atomic E-state index is 6.45. The number of benzene rings is 6. The van der Waals surface area contributed by atoms with Crippen LogP contribution < -0.4 is 0 Å². The zero-order valence-corrected chi connectivity index (χ0v) is 33.7. The van der Waals surface area contributed by atoms with Gasteiger partial charge < -0.3 is 8.83 Å². The minimum Gasteiger partial charge on any atom is -0.455 e. The van der Waals surface area contributed by atoms with Gasteiger partial charge in [0, 0.05) is 54.9 Å². The van der Waals surface area contributed by atoms with Gasteiger partial charge in [-0.2, -0.15) is 0 Å². The molecular formula is C54H44N2O2. The summed E-state index contributed by atoms with van der Waals surface area (Å²) in [4.78, 5) is 10.7. The summed E-state index contributed by atoms with van der Waals surface area (Å²) in [5, 5.41) is 4.50. The second-order valence-electron chi connectivity index (χ2n) is 17.5. The summed E-state index contributed by atoms with van der Waals surface area (Å²) in [6.45, 7) is 13.3. The van der Waals surface area contributed by atoms with E-state index in [2.05, 4.69) is 175 Å². The molecule has 4 nitrogen and oxygen atoms in total. The summed E-state index contributed by atoms with van der Waals surface area (Å²) in [5.74, 6) is 0. The molecule has 0 atom stereocenters. The third kappa shape index (κ3) is 6.26. The van der Waals surface area contributed by atoms with Crippen LogP contribution in [0.2, 0.25) is 0 Å². The van der Waals surface area contributed by atoms with Crippen LogP contribution in [0, 0.1) is 0 Å². The predicted octanol–water partition coefficient (Wildman–Crippen LogP) is 15.2. The molecule has 0 N–H and O–H groups in total. The largest absolute Gasteiger partial charge is 0.455 e. The van der Waals surface area contributed by atoms with Gasteiger partial charge in [-0.3, -0.25) is 9.97 Å². The summed E-state index contributed by atoms with van der Waals surface area (Å²) in [5.41, 5.74) is 15.7. The Morgan fingerprint density at radius 1 is 0.345 bits per heavy atom. The fraction of sp³-hybridized carbons (Fsp3) is 0.148. The van der Waals surface area contributed by atoms with E-state index in [0.29, 0.717) is 0 Å². The quantitative estimate of drug-likeness (QED) is 0.176. The molecule has 10 rings (SSSR count). The molecule has 0 aliphatic heterocycles. The molecule has 0 saturated heterocycles. The van der Waals surface area contributed by atoms with E-state index in [4.69, 9.17) is 18.8 Å². The second-order valence-corrected chi connectivity index (χ2v) is 17.5. The molecule has 4 aromatic heterocycles. The maximum Gasteiger partial charge on any atom is 0.143 e. The molecule has 0 fully saturated rings. The third-order valence-corrected chi connectivity index (χ3v) is 11.3. The lowest BCUT2D eigenvalue weighted by molar-refractivity contribution is 0.567. The van der Waals surface area contributed by atoms with E-state index in [1.165, 1.54) is 0 Å². The van der Waals surface area contributed by atoms with Crippen molar-refractivity contribution in [2.45, 2.75) is 52.4 Å². The molecule has 10 aromatic rings. The molecule has 0 radical (unpaired) electrons. The lowest BCUT2D eigenvalue weighted by Crippen LogP contribution is -2.16. The number of nitrogens with zero attached hydrogens (tertiary/aromatic N) is 2. The molecule has 4 heterocycles. The van der Waals surface area contributed by atoms with Crippen LogP contribution in [0.4, 0.5) is 0 Å². The Morgan fingerprint density at radius 3 is 1.16 bits per heavy atom. The number of para-hydroxylation sites is 4. The van der Waals surface area contributed by atoms with Gasteiger partial charge in [-0.05, 0) is 81.9 Å². The van der Waals surface area contributed by atoms with E-state index in [9.17, 15) is 0 Å². The normalized spacial score (nSPS) is 12.3. The Bertz CT molecular complexity index is 2990. The van der Waals surface area contributed by atoms with Gasteiger partial charge in [0.15, 0.2) is 0 Å². The van der Waals surface area contributed by atoms with Crippen LogP contribution in [-0.2, 0) is 10.8 Å². The SMILES string of the molecule is CC(C)(C)c1cc(-c2cccc(-c3cccc4c3oc3ccccc34)c2)cc(-c2cc(-c3cccc(-c4cccc5c4oc4ccccc45)c3)cc(C(C)(C)C)n2)n1. The molecule has 6 aromatic carbocycles. The highest BCUT2D eigenvalue weighted by molar-refractivity contribution is 6.10. The number of aromatic nitrogens is 2. The molecule has 58 heavy (non-hydrogen) atoms. The highest BCUT2D eigenvalue weighted by atomic mass is 16.3. The lowest BCUT2D eigenvalue weighted by atomic mass is 9.87. The standard InChI is InChI=1S/C54H44N2O2/c1-53(2,3)49-31-37(33-15-11-17-35(27-33)39-21-13-23-43-41-19-7-9-25-47(41)57-51(39)43)29-45(55-49)46-30-38(32-50(56-46)54(4,5)6)34-16-12-18-36(28-34)40-22-14-24-44-42-20-8-10-26-48(42)58-52(40)44/h7-32H,1-6H3. The molecular weight excluding hydrogens is 709 g/mol. The van der Waals surface area contributed by atoms with Crippen molar-refractivity contribution in [2.75, 3.05) is 0 Å². The number of hydrogen-bond acceptors (Lipinski definition) is 4. The van der Waals surface area contributed by atoms with Gasteiger partial charge >= 0.3 is 0 Å². The molecule has 282 valence electrons. The summed E-state index contributed by atoms with van der Waals surface area (Å²) in [7, 11) is 0. The first-order valence-corrected chi connectivity index (χ1v) is 20.1. The first kappa shape index (κ1) is 35.6. The van der Waals surface area contributed by atoms with Gasteiger partial charge in [-0.25, -0.2) is 0 Å². The van der Waals surface area contributed by atoms with Gasteiger partial charge in [0.2, 0.25) is 0 Å². The molecule has 0 amide bonds. The van der Waals surface area contributed by atoms with Gasteiger partial charge in [0.05, 0.1) is 11.4 Å². The van der Waals surface area contributed by atoms with E-state index in [0.717, 1.165) is 111 Å². The summed E-state index contributed by atoms with van der Waals surface area (Å²) >= 11 is 0. The maximum atomic E-state index is 6.45. The smallest absolute Gasteiger partial charge is 0.143 e. The summed E-state index contributed by atoms with van der Waals surface area (Å²) in [6.07, 6.45) is 0. The van der Waals surface area contributed by atoms with Crippen LogP contribution in [0.5, 0.6) is 0 Å². The van der Waals surface area contributed by atoms with Crippen molar-refractivity contribution in [1.29, 1.82) is 0 Å². The predicted molar refractivity (Wildman–Crippen MR) is 241 cm³/mol. The Hall–Kier alpha value is -6.78. The van der Waals surface area contributed by atoms with Crippen LogP contribution in [0.1, 0.15) is 52.9 Å². The third-order valence-electron chi connectivity index (χ3n) is 11.3. The van der Waals surface area contributed by atoms with Crippen molar-refractivity contribution < 1.29 is 8.83 Å². The molecule has 4 heteroatoms. The van der Waals surface area contributed by atoms with Gasteiger partial charge in [0.1, 0.15) is 22.3 Å². The van der Waals surface area contributed by atoms with Gasteiger partial charge in [-0.15, -0.1) is 0 Å². The minimum atomic E-state index is -0.196. The van der Waals surface area contributed by atoms with E-state index < -0.39 is 0 Å². The summed E-state index contributed by atoms with van der Waals surface area (Å²) < 4.78 is 12.9. The zero-order chi connectivity index (χ0) is 39.8. The van der Waals surface area contributed by atoms with E-state index in [-0.39, 0.29) is 10.8 Å². The van der Waals surface area contributed by atoms with Crippen molar-refractivity contribution in [2.24, 2.45) is 0 Å². The molecule has 0 saturated carbocycles. The molecule has 0 aliphatic rings. The fourth-order valence-electron chi connectivity index (χ4n) is 8.11. The first-order chi connectivity index (χ1) is 28.0. The van der Waals surface area contributed by atoms with Crippen LogP contribution >= 0.6 is 0 Å². The van der Waals surface area contributed by atoms with Gasteiger partial charge in [0.25, 0.3) is 0 Å². The molecule has 0 aliphatic carbocycles. The first-order valence-electron chi connectivity index (χ1n) is 20.1. The molecule has 0 bridgehead atoms. The lowest BCUT2D eigenvalue weighted by Gasteiger charge is -2.22. The van der Waals surface area contributed by atoms with Crippen molar-refractivity contribution >= 4 is 43.9 Å². The average Bonchev–Trinajstić information content (AvgIpc) is 3.82. The van der Waals surface area contributed by atoms with Crippen molar-refractivity contribution in [1.82, 2.24) is 9.97 Å². The van der Waals surface area contributed by atoms with Crippen LogP contribution in [0.25, 0.3) is 99.8 Å². The molecule has 0 unspecified atom stereocenters. The number of hydrogen-bond donors (Lipinski definition) is 0. The van der Waals surface area contributed by atoms with E-state index >= 15 is 0 Å². The minimum absolute atomic E-state index is 0.196.